The minimum atomic E-state index is -0.188. The fourth-order valence-electron chi connectivity index (χ4n) is 7.86. The van der Waals surface area contributed by atoms with Crippen LogP contribution in [0.1, 0.15) is 97.8 Å². The van der Waals surface area contributed by atoms with Gasteiger partial charge in [-0.2, -0.15) is 0 Å². The molecular formula is C45H48O6. The molecule has 0 aromatic heterocycles. The van der Waals surface area contributed by atoms with Gasteiger partial charge < -0.3 is 14.2 Å². The van der Waals surface area contributed by atoms with Crippen LogP contribution in [-0.4, -0.2) is 19.8 Å². The second-order valence-electron chi connectivity index (χ2n) is 14.1. The molecule has 0 atom stereocenters. The van der Waals surface area contributed by atoms with Crippen LogP contribution < -0.4 is 30.5 Å². The number of hydrogen-bond donors (Lipinski definition) is 0. The van der Waals surface area contributed by atoms with E-state index < -0.39 is 0 Å². The third-order valence-electron chi connectivity index (χ3n) is 10.5. The molecule has 51 heavy (non-hydrogen) atoms. The van der Waals surface area contributed by atoms with Crippen LogP contribution in [0.3, 0.4) is 0 Å². The minimum absolute atomic E-state index is 0.188. The zero-order valence-electron chi connectivity index (χ0n) is 30.3. The highest BCUT2D eigenvalue weighted by atomic mass is 16.5. The summed E-state index contributed by atoms with van der Waals surface area (Å²) in [5, 5.41) is 6.71. The van der Waals surface area contributed by atoms with E-state index in [9.17, 15) is 14.4 Å². The van der Waals surface area contributed by atoms with Gasteiger partial charge in [0.15, 0.2) is 16.3 Å². The molecule has 0 aliphatic carbocycles. The molecule has 0 amide bonds. The van der Waals surface area contributed by atoms with Gasteiger partial charge in [-0.25, -0.2) is 0 Å². The number of ether oxygens (including phenoxy) is 3. The van der Waals surface area contributed by atoms with Crippen molar-refractivity contribution in [2.24, 2.45) is 0 Å². The molecule has 6 heteroatoms. The second-order valence-corrected chi connectivity index (χ2v) is 14.1. The summed E-state index contributed by atoms with van der Waals surface area (Å²) in [4.78, 5) is 43.6. The van der Waals surface area contributed by atoms with Crippen LogP contribution in [0.2, 0.25) is 0 Å². The number of unbranched alkanes of at least 4 members (excludes halogenated alkanes) is 9. The smallest absolute Gasteiger partial charge is 0.195 e. The van der Waals surface area contributed by atoms with Gasteiger partial charge in [-0.15, -0.1) is 0 Å². The highest BCUT2D eigenvalue weighted by molar-refractivity contribution is 6.42. The van der Waals surface area contributed by atoms with Crippen molar-refractivity contribution in [3.05, 3.63) is 85.3 Å². The number of fused-ring (bicyclic) bond motifs is 12. The molecule has 7 aromatic carbocycles. The Morgan fingerprint density at radius 1 is 0.353 bits per heavy atom. The predicted octanol–water partition coefficient (Wildman–Crippen LogP) is 10.9. The van der Waals surface area contributed by atoms with E-state index in [0.29, 0.717) is 102 Å². The number of hydrogen-bond acceptors (Lipinski definition) is 6. The van der Waals surface area contributed by atoms with Crippen molar-refractivity contribution in [1.82, 2.24) is 0 Å². The van der Waals surface area contributed by atoms with E-state index >= 15 is 0 Å². The van der Waals surface area contributed by atoms with E-state index in [2.05, 4.69) is 20.8 Å². The SMILES string of the molecule is CCCCCCOc1ccc2c(c1)c(=O)c1c2c2c(=O)c3cc(OCCCCCC)ccc3c2c2c(=O)c3cc(OCCCCCC)ccc3c12. The van der Waals surface area contributed by atoms with Gasteiger partial charge in [-0.1, -0.05) is 78.6 Å². The maximum Gasteiger partial charge on any atom is 0.195 e. The van der Waals surface area contributed by atoms with Gasteiger partial charge in [0.05, 0.1) is 19.8 Å². The summed E-state index contributed by atoms with van der Waals surface area (Å²) in [5.41, 5.74) is -0.563. The zero-order valence-corrected chi connectivity index (χ0v) is 30.3. The lowest BCUT2D eigenvalue weighted by Crippen LogP contribution is -2.00. The van der Waals surface area contributed by atoms with Crippen LogP contribution in [-0.2, 0) is 0 Å². The van der Waals surface area contributed by atoms with Gasteiger partial charge in [-0.3, -0.25) is 14.4 Å². The fourth-order valence-corrected chi connectivity index (χ4v) is 7.86. The second kappa shape index (κ2) is 15.3. The van der Waals surface area contributed by atoms with E-state index in [0.717, 1.165) is 77.0 Å². The van der Waals surface area contributed by atoms with Gasteiger partial charge in [0.25, 0.3) is 0 Å². The van der Waals surface area contributed by atoms with Gasteiger partial charge in [-0.05, 0) is 90.0 Å². The molecule has 6 nitrogen and oxygen atoms in total. The maximum absolute atomic E-state index is 14.5. The quantitative estimate of drug-likeness (QED) is 0.0837. The number of benzene rings is 4. The van der Waals surface area contributed by atoms with Crippen LogP contribution in [0.5, 0.6) is 17.2 Å². The lowest BCUT2D eigenvalue weighted by Gasteiger charge is -2.06. The van der Waals surface area contributed by atoms with Crippen LogP contribution in [0.25, 0.3) is 64.6 Å². The molecule has 0 saturated heterocycles. The Morgan fingerprint density at radius 3 is 0.922 bits per heavy atom. The molecule has 264 valence electrons. The Balaban J connectivity index is 1.44. The first-order valence-electron chi connectivity index (χ1n) is 19.2. The standard InChI is InChI=1S/C45H48O6/c1-4-7-10-13-22-49-28-16-19-31-34(25-28)43(46)40-37(31)41-39(33-21-18-30(27-36(33)44(41)47)51-24-15-12-9-6-3)42-38(40)32-20-17-29(26-35(32)45(42)48)50-23-14-11-8-5-2/h16-21,25-27H,4-15,22-24H2,1-3H3. The molecule has 0 bridgehead atoms. The molecule has 0 radical (unpaired) electrons. The number of rotatable bonds is 18. The van der Waals surface area contributed by atoms with Gasteiger partial charge in [0.2, 0.25) is 0 Å². The first kappa shape index (κ1) is 34.7. The molecule has 0 spiro atoms. The summed E-state index contributed by atoms with van der Waals surface area (Å²) in [5.74, 6) is 1.90. The van der Waals surface area contributed by atoms with Crippen molar-refractivity contribution < 1.29 is 14.2 Å². The average molecular weight is 685 g/mol. The minimum Gasteiger partial charge on any atom is -0.494 e. The molecule has 0 aliphatic heterocycles. The lowest BCUT2D eigenvalue weighted by molar-refractivity contribution is 0.305. The summed E-state index contributed by atoms with van der Waals surface area (Å²) in [6.07, 6.45) is 13.0. The monoisotopic (exact) mass is 684 g/mol. The van der Waals surface area contributed by atoms with E-state index in [1.54, 1.807) is 18.2 Å². The van der Waals surface area contributed by atoms with Crippen molar-refractivity contribution in [2.45, 2.75) is 97.8 Å². The van der Waals surface area contributed by atoms with Gasteiger partial charge >= 0.3 is 0 Å². The molecular weight excluding hydrogens is 636 g/mol. The van der Waals surface area contributed by atoms with Crippen molar-refractivity contribution in [3.63, 3.8) is 0 Å². The van der Waals surface area contributed by atoms with Crippen LogP contribution in [0.4, 0.5) is 0 Å². The largest absolute Gasteiger partial charge is 0.494 e. The molecule has 0 heterocycles. The first-order chi connectivity index (χ1) is 25.0. The van der Waals surface area contributed by atoms with Crippen LogP contribution in [0.15, 0.2) is 69.0 Å². The van der Waals surface area contributed by atoms with Crippen LogP contribution in [0, 0.1) is 0 Å². The van der Waals surface area contributed by atoms with E-state index in [1.807, 2.05) is 36.4 Å². The van der Waals surface area contributed by atoms with Gasteiger partial charge in [0.1, 0.15) is 17.2 Å². The van der Waals surface area contributed by atoms with Crippen molar-refractivity contribution in [2.75, 3.05) is 19.8 Å². The summed E-state index contributed by atoms with van der Waals surface area (Å²) in [6, 6.07) is 16.8. The molecule has 0 saturated carbocycles. The maximum atomic E-state index is 14.5. The summed E-state index contributed by atoms with van der Waals surface area (Å²) in [7, 11) is 0. The third kappa shape index (κ3) is 6.39. The van der Waals surface area contributed by atoms with E-state index in [-0.39, 0.29) is 16.3 Å². The van der Waals surface area contributed by atoms with Crippen molar-refractivity contribution in [1.29, 1.82) is 0 Å². The molecule has 7 aromatic rings. The topological polar surface area (TPSA) is 78.9 Å². The predicted molar refractivity (Wildman–Crippen MR) is 213 cm³/mol. The normalized spacial score (nSPS) is 12.1. The molecule has 0 N–H and O–H groups in total. The highest BCUT2D eigenvalue weighted by Crippen LogP contribution is 2.44. The molecule has 0 unspecified atom stereocenters. The van der Waals surface area contributed by atoms with E-state index in [4.69, 9.17) is 14.2 Å². The summed E-state index contributed by atoms with van der Waals surface area (Å²) < 4.78 is 18.3. The molecule has 7 rings (SSSR count). The summed E-state index contributed by atoms with van der Waals surface area (Å²) in [6.45, 7) is 8.26. The van der Waals surface area contributed by atoms with E-state index in [1.165, 1.54) is 0 Å². The zero-order chi connectivity index (χ0) is 35.5. The summed E-state index contributed by atoms with van der Waals surface area (Å²) >= 11 is 0. The van der Waals surface area contributed by atoms with Crippen LogP contribution >= 0.6 is 0 Å². The van der Waals surface area contributed by atoms with Crippen molar-refractivity contribution >= 4 is 64.6 Å². The average Bonchev–Trinajstić information content (AvgIpc) is 3.71. The fraction of sp³-hybridized carbons (Fsp3) is 0.400. The Hall–Kier alpha value is -4.71. The Labute approximate surface area is 298 Å². The highest BCUT2D eigenvalue weighted by Gasteiger charge is 2.27. The van der Waals surface area contributed by atoms with Gasteiger partial charge in [0, 0.05) is 48.5 Å². The Kier molecular flexibility index (Phi) is 10.4. The third-order valence-corrected chi connectivity index (χ3v) is 10.5. The Bertz CT molecular complexity index is 2180. The lowest BCUT2D eigenvalue weighted by atomic mass is 9.99. The molecule has 0 fully saturated rings. The Morgan fingerprint density at radius 2 is 0.647 bits per heavy atom. The first-order valence-corrected chi connectivity index (χ1v) is 19.2. The van der Waals surface area contributed by atoms with Crippen molar-refractivity contribution in [3.8, 4) is 17.2 Å². The molecule has 0 aliphatic rings.